The zero-order chi connectivity index (χ0) is 25.3. The van der Waals surface area contributed by atoms with Crippen molar-refractivity contribution in [2.45, 2.75) is 80.6 Å². The first-order valence-corrected chi connectivity index (χ1v) is 13.4. The summed E-state index contributed by atoms with van der Waals surface area (Å²) in [5, 5.41) is 0. The topological polar surface area (TPSA) is 49.4 Å². The van der Waals surface area contributed by atoms with Gasteiger partial charge in [-0.3, -0.25) is 0 Å². The Balaban J connectivity index is 1.66. The number of fused-ring (bicyclic) bond motifs is 4. The van der Waals surface area contributed by atoms with Crippen LogP contribution in [-0.4, -0.2) is 22.8 Å². The molecule has 0 aromatic carbocycles. The first kappa shape index (κ1) is 23.0. The van der Waals surface area contributed by atoms with Crippen molar-refractivity contribution in [2.75, 3.05) is 0 Å². The van der Waals surface area contributed by atoms with E-state index in [1.165, 1.54) is 50.2 Å². The summed E-state index contributed by atoms with van der Waals surface area (Å²) < 4.78 is 0. The lowest BCUT2D eigenvalue weighted by atomic mass is 9.97. The van der Waals surface area contributed by atoms with Crippen LogP contribution >= 0.6 is 0 Å². The van der Waals surface area contributed by atoms with Gasteiger partial charge in [0, 0.05) is 5.57 Å². The van der Waals surface area contributed by atoms with Gasteiger partial charge < -0.3 is 0 Å². The average molecular weight is 475 g/mol. The van der Waals surface area contributed by atoms with E-state index in [1.54, 1.807) is 0 Å². The Morgan fingerprint density at radius 1 is 0.528 bits per heavy atom. The summed E-state index contributed by atoms with van der Waals surface area (Å²) in [7, 11) is 0. The smallest absolute Gasteiger partial charge is 0.0726 e. The van der Waals surface area contributed by atoms with Crippen LogP contribution in [0.15, 0.2) is 111 Å². The molecule has 0 N–H and O–H groups in total. The van der Waals surface area contributed by atoms with Gasteiger partial charge in [-0.1, -0.05) is 20.8 Å². The van der Waals surface area contributed by atoms with Crippen molar-refractivity contribution in [3.63, 3.8) is 0 Å². The van der Waals surface area contributed by atoms with Gasteiger partial charge in [0.25, 0.3) is 0 Å². The molecule has 6 rings (SSSR count). The van der Waals surface area contributed by atoms with E-state index in [9.17, 15) is 0 Å². The summed E-state index contributed by atoms with van der Waals surface area (Å²) in [6, 6.07) is 0. The van der Waals surface area contributed by atoms with Gasteiger partial charge in [-0.15, -0.1) is 0 Å². The monoisotopic (exact) mass is 474 g/mol. The molecule has 0 atom stereocenters. The molecule has 0 radical (unpaired) electrons. The Morgan fingerprint density at radius 2 is 1.03 bits per heavy atom. The quantitative estimate of drug-likeness (QED) is 0.398. The van der Waals surface area contributed by atoms with Crippen LogP contribution in [0.2, 0.25) is 0 Å². The molecule has 0 spiro atoms. The zero-order valence-electron chi connectivity index (χ0n) is 22.6. The average Bonchev–Trinajstić information content (AvgIpc) is 3.62. The number of aliphatic imine (C=N–C) groups is 4. The molecule has 182 valence electrons. The number of rotatable bonds is 3. The Morgan fingerprint density at radius 3 is 1.58 bits per heavy atom. The van der Waals surface area contributed by atoms with E-state index in [4.69, 9.17) is 20.0 Å². The lowest BCUT2D eigenvalue weighted by Gasteiger charge is -2.07. The van der Waals surface area contributed by atoms with E-state index in [2.05, 4.69) is 66.7 Å². The zero-order valence-corrected chi connectivity index (χ0v) is 22.6. The summed E-state index contributed by atoms with van der Waals surface area (Å²) in [5.74, 6) is 0. The molecule has 4 heteroatoms. The van der Waals surface area contributed by atoms with E-state index in [-0.39, 0.29) is 0 Å². The van der Waals surface area contributed by atoms with Crippen molar-refractivity contribution in [3.05, 3.63) is 91.2 Å². The van der Waals surface area contributed by atoms with Crippen molar-refractivity contribution in [3.8, 4) is 0 Å². The maximum Gasteiger partial charge on any atom is 0.0726 e. The summed E-state index contributed by atoms with van der Waals surface area (Å²) >= 11 is 0. The Bertz CT molecular complexity index is 1530. The predicted octanol–water partition coefficient (Wildman–Crippen LogP) is 8.01. The van der Waals surface area contributed by atoms with Gasteiger partial charge in [0.1, 0.15) is 0 Å². The van der Waals surface area contributed by atoms with Crippen molar-refractivity contribution in [2.24, 2.45) is 20.0 Å². The summed E-state index contributed by atoms with van der Waals surface area (Å²) in [6.45, 7) is 15.5. The van der Waals surface area contributed by atoms with E-state index >= 15 is 0 Å². The highest BCUT2D eigenvalue weighted by Crippen LogP contribution is 2.44. The highest BCUT2D eigenvalue weighted by atomic mass is 14.9. The predicted molar refractivity (Wildman–Crippen MR) is 152 cm³/mol. The van der Waals surface area contributed by atoms with Crippen LogP contribution in [0, 0.1) is 0 Å². The Labute approximate surface area is 214 Å². The van der Waals surface area contributed by atoms with E-state index in [0.29, 0.717) is 0 Å². The number of nitrogens with zero attached hydrogens (tertiary/aromatic N) is 4. The SMILES string of the molecule is CCC1=C(C)C2=CC3=NC(=C4CCC5=C(C)C(=CC6=NC(=CC1=N2)C(C)=C6CC)N=C54)C(CC)=C3C. The molecule has 36 heavy (non-hydrogen) atoms. The normalized spacial score (nSPS) is 23.0. The first-order chi connectivity index (χ1) is 17.4. The van der Waals surface area contributed by atoms with E-state index < -0.39 is 0 Å². The summed E-state index contributed by atoms with van der Waals surface area (Å²) in [5.41, 5.74) is 20.2. The van der Waals surface area contributed by atoms with Crippen molar-refractivity contribution in [1.82, 2.24) is 0 Å². The van der Waals surface area contributed by atoms with E-state index in [0.717, 1.165) is 77.7 Å². The minimum Gasteiger partial charge on any atom is -0.248 e. The molecule has 0 saturated heterocycles. The van der Waals surface area contributed by atoms with Crippen molar-refractivity contribution >= 4 is 22.8 Å². The molecular formula is C32H34N4. The van der Waals surface area contributed by atoms with Crippen molar-refractivity contribution < 1.29 is 0 Å². The Hall–Kier alpha value is -3.40. The van der Waals surface area contributed by atoms with Gasteiger partial charge in [-0.05, 0) is 123 Å². The lowest BCUT2D eigenvalue weighted by molar-refractivity contribution is 1.00. The van der Waals surface area contributed by atoms with Gasteiger partial charge in [0.15, 0.2) is 0 Å². The molecule has 1 aliphatic carbocycles. The van der Waals surface area contributed by atoms with Crippen molar-refractivity contribution in [1.29, 1.82) is 0 Å². The first-order valence-electron chi connectivity index (χ1n) is 13.4. The van der Waals surface area contributed by atoms with Gasteiger partial charge in [0.05, 0.1) is 45.6 Å². The molecule has 0 unspecified atom stereocenters. The second-order valence-corrected chi connectivity index (χ2v) is 10.3. The maximum atomic E-state index is 5.24. The highest BCUT2D eigenvalue weighted by molar-refractivity contribution is 6.22. The summed E-state index contributed by atoms with van der Waals surface area (Å²) in [6.07, 6.45) is 11.5. The molecule has 4 nitrogen and oxygen atoms in total. The molecule has 8 bridgehead atoms. The minimum absolute atomic E-state index is 0.941. The highest BCUT2D eigenvalue weighted by Gasteiger charge is 2.34. The van der Waals surface area contributed by atoms with Gasteiger partial charge in [-0.25, -0.2) is 20.0 Å². The fourth-order valence-corrected chi connectivity index (χ4v) is 6.38. The summed E-state index contributed by atoms with van der Waals surface area (Å²) in [4.78, 5) is 20.7. The third kappa shape index (κ3) is 3.20. The fraction of sp³-hybridized carbons (Fsp3) is 0.375. The lowest BCUT2D eigenvalue weighted by Crippen LogP contribution is -1.99. The van der Waals surface area contributed by atoms with Crippen LogP contribution in [0.25, 0.3) is 0 Å². The van der Waals surface area contributed by atoms with Crippen LogP contribution in [0.3, 0.4) is 0 Å². The second-order valence-electron chi connectivity index (χ2n) is 10.3. The standard InChI is InChI=1S/C32H34N4/c1-8-20-16(4)25-13-27-18(6)22(10-3)31(35-27)24-12-11-23-19(7)28(36-32(23)24)15-30-21(9-2)17(5)26(34-30)14-29(20)33-25/h13-15H,8-12H2,1-7H3. The third-order valence-electron chi connectivity index (χ3n) is 8.56. The van der Waals surface area contributed by atoms with Crippen LogP contribution < -0.4 is 0 Å². The largest absolute Gasteiger partial charge is 0.248 e. The van der Waals surface area contributed by atoms with Crippen LogP contribution in [0.1, 0.15) is 80.6 Å². The fourth-order valence-electron chi connectivity index (χ4n) is 6.38. The molecule has 0 aromatic heterocycles. The van der Waals surface area contributed by atoms with Crippen LogP contribution in [-0.2, 0) is 0 Å². The molecule has 0 amide bonds. The molecule has 5 aliphatic heterocycles. The number of hydrogen-bond donors (Lipinski definition) is 0. The van der Waals surface area contributed by atoms with Gasteiger partial charge >= 0.3 is 0 Å². The number of hydrogen-bond acceptors (Lipinski definition) is 4. The Kier molecular flexibility index (Phi) is 5.33. The van der Waals surface area contributed by atoms with Crippen LogP contribution in [0.4, 0.5) is 0 Å². The van der Waals surface area contributed by atoms with E-state index in [1.807, 2.05) is 0 Å². The molecule has 1 saturated carbocycles. The number of allylic oxidation sites excluding steroid dienone is 12. The molecule has 1 fully saturated rings. The second kappa shape index (κ2) is 8.33. The van der Waals surface area contributed by atoms with Gasteiger partial charge in [0.2, 0.25) is 0 Å². The molecule has 5 heterocycles. The molecular weight excluding hydrogens is 440 g/mol. The maximum absolute atomic E-state index is 5.24. The molecule has 0 aromatic rings. The molecule has 6 aliphatic rings. The third-order valence-corrected chi connectivity index (χ3v) is 8.56. The van der Waals surface area contributed by atoms with Crippen LogP contribution in [0.5, 0.6) is 0 Å². The van der Waals surface area contributed by atoms with Gasteiger partial charge in [-0.2, -0.15) is 0 Å². The minimum atomic E-state index is 0.941.